The molecule has 0 aliphatic carbocycles. The highest BCUT2D eigenvalue weighted by molar-refractivity contribution is 6.30. The summed E-state index contributed by atoms with van der Waals surface area (Å²) in [5.74, 6) is 0.881. The number of nitrogens with one attached hydrogen (secondary N) is 1. The van der Waals surface area contributed by atoms with Gasteiger partial charge in [-0.2, -0.15) is 0 Å². The van der Waals surface area contributed by atoms with E-state index in [4.69, 9.17) is 16.3 Å². The lowest BCUT2D eigenvalue weighted by atomic mass is 10.1. The van der Waals surface area contributed by atoms with Crippen molar-refractivity contribution in [1.82, 2.24) is 0 Å². The molecule has 0 saturated heterocycles. The Morgan fingerprint density at radius 3 is 2.42 bits per heavy atom. The monoisotopic (exact) mass is 337 g/mol. The van der Waals surface area contributed by atoms with Gasteiger partial charge >= 0.3 is 0 Å². The lowest BCUT2D eigenvalue weighted by molar-refractivity contribution is 0.306. The van der Waals surface area contributed by atoms with Gasteiger partial charge in [0, 0.05) is 17.3 Å². The number of aryl methyl sites for hydroxylation is 1. The highest BCUT2D eigenvalue weighted by Crippen LogP contribution is 2.18. The Balaban J connectivity index is 1.58. The molecule has 3 aromatic rings. The third-order valence-corrected chi connectivity index (χ3v) is 3.98. The molecule has 122 valence electrons. The molecule has 0 aromatic heterocycles. The molecule has 24 heavy (non-hydrogen) atoms. The molecule has 0 atom stereocenters. The maximum absolute atomic E-state index is 5.91. The van der Waals surface area contributed by atoms with Crippen LogP contribution in [-0.4, -0.2) is 0 Å². The van der Waals surface area contributed by atoms with Gasteiger partial charge in [0.05, 0.1) is 0 Å². The van der Waals surface area contributed by atoms with E-state index in [1.165, 1.54) is 16.7 Å². The first-order chi connectivity index (χ1) is 11.7. The van der Waals surface area contributed by atoms with Crippen molar-refractivity contribution in [3.05, 3.63) is 94.5 Å². The smallest absolute Gasteiger partial charge is 0.120 e. The molecule has 0 spiro atoms. The Morgan fingerprint density at radius 1 is 0.875 bits per heavy atom. The molecule has 0 heterocycles. The predicted molar refractivity (Wildman–Crippen MR) is 101 cm³/mol. The fourth-order valence-electron chi connectivity index (χ4n) is 2.49. The van der Waals surface area contributed by atoms with Gasteiger partial charge < -0.3 is 10.1 Å². The lowest BCUT2D eigenvalue weighted by Crippen LogP contribution is -2.00. The third kappa shape index (κ3) is 4.77. The number of halogens is 1. The minimum Gasteiger partial charge on any atom is -0.489 e. The van der Waals surface area contributed by atoms with Crippen LogP contribution in [0.1, 0.15) is 16.7 Å². The number of hydrogen-bond acceptors (Lipinski definition) is 2. The molecule has 0 aliphatic heterocycles. The first-order valence-corrected chi connectivity index (χ1v) is 8.33. The molecule has 0 aliphatic rings. The van der Waals surface area contributed by atoms with Gasteiger partial charge in [-0.3, -0.25) is 0 Å². The van der Waals surface area contributed by atoms with Crippen LogP contribution in [0.15, 0.2) is 72.8 Å². The van der Waals surface area contributed by atoms with Crippen molar-refractivity contribution in [2.24, 2.45) is 0 Å². The van der Waals surface area contributed by atoms with Crippen LogP contribution in [0.2, 0.25) is 5.02 Å². The average molecular weight is 338 g/mol. The second-order valence-electron chi connectivity index (χ2n) is 5.79. The normalized spacial score (nSPS) is 10.4. The Morgan fingerprint density at radius 2 is 1.62 bits per heavy atom. The molecule has 3 aromatic carbocycles. The third-order valence-electron chi connectivity index (χ3n) is 3.73. The van der Waals surface area contributed by atoms with Crippen LogP contribution >= 0.6 is 11.6 Å². The minimum atomic E-state index is 0.579. The van der Waals surface area contributed by atoms with E-state index in [9.17, 15) is 0 Å². The molecule has 0 bridgehead atoms. The second-order valence-corrected chi connectivity index (χ2v) is 6.22. The van der Waals surface area contributed by atoms with Gasteiger partial charge in [-0.05, 0) is 54.4 Å². The van der Waals surface area contributed by atoms with Gasteiger partial charge in [0.2, 0.25) is 0 Å². The summed E-state index contributed by atoms with van der Waals surface area (Å²) >= 11 is 5.90. The summed E-state index contributed by atoms with van der Waals surface area (Å²) in [5, 5.41) is 4.13. The van der Waals surface area contributed by atoms with E-state index in [0.717, 1.165) is 23.0 Å². The number of benzene rings is 3. The zero-order chi connectivity index (χ0) is 16.8. The van der Waals surface area contributed by atoms with Crippen molar-refractivity contribution in [3.63, 3.8) is 0 Å². The molecule has 0 amide bonds. The lowest BCUT2D eigenvalue weighted by Gasteiger charge is -2.10. The topological polar surface area (TPSA) is 21.3 Å². The molecular formula is C21H20ClNO. The summed E-state index contributed by atoms with van der Waals surface area (Å²) in [7, 11) is 0. The summed E-state index contributed by atoms with van der Waals surface area (Å²) in [6.45, 7) is 3.41. The van der Waals surface area contributed by atoms with E-state index in [-0.39, 0.29) is 0 Å². The van der Waals surface area contributed by atoms with Crippen molar-refractivity contribution in [3.8, 4) is 5.75 Å². The molecule has 1 N–H and O–H groups in total. The Kier molecular flexibility index (Phi) is 5.39. The first kappa shape index (κ1) is 16.4. The fourth-order valence-corrected chi connectivity index (χ4v) is 2.61. The average Bonchev–Trinajstić information content (AvgIpc) is 2.60. The molecule has 0 saturated carbocycles. The van der Waals surface area contributed by atoms with Crippen molar-refractivity contribution in [2.45, 2.75) is 20.1 Å². The van der Waals surface area contributed by atoms with Crippen molar-refractivity contribution < 1.29 is 4.74 Å². The van der Waals surface area contributed by atoms with Crippen LogP contribution in [0.3, 0.4) is 0 Å². The molecular weight excluding hydrogens is 318 g/mol. The Hall–Kier alpha value is -2.45. The summed E-state index contributed by atoms with van der Waals surface area (Å²) in [6.07, 6.45) is 0. The van der Waals surface area contributed by atoms with Crippen molar-refractivity contribution in [1.29, 1.82) is 0 Å². The minimum absolute atomic E-state index is 0.579. The quantitative estimate of drug-likeness (QED) is 0.610. The molecule has 0 radical (unpaired) electrons. The Bertz CT molecular complexity index is 799. The maximum atomic E-state index is 5.91. The van der Waals surface area contributed by atoms with Crippen LogP contribution in [0.4, 0.5) is 5.69 Å². The molecule has 0 unspecified atom stereocenters. The zero-order valence-electron chi connectivity index (χ0n) is 13.6. The summed E-state index contributed by atoms with van der Waals surface area (Å²) in [6, 6.07) is 24.2. The van der Waals surface area contributed by atoms with Gasteiger partial charge in [0.15, 0.2) is 0 Å². The van der Waals surface area contributed by atoms with Crippen LogP contribution in [0, 0.1) is 6.92 Å². The van der Waals surface area contributed by atoms with E-state index in [2.05, 4.69) is 48.6 Å². The van der Waals surface area contributed by atoms with E-state index < -0.39 is 0 Å². The SMILES string of the molecule is Cc1cccc(COc2cccc(CNc3ccc(Cl)cc3)c2)c1. The summed E-state index contributed by atoms with van der Waals surface area (Å²) < 4.78 is 5.91. The Labute approximate surface area is 148 Å². The van der Waals surface area contributed by atoms with Crippen molar-refractivity contribution >= 4 is 17.3 Å². The first-order valence-electron chi connectivity index (χ1n) is 7.96. The van der Waals surface area contributed by atoms with Gasteiger partial charge in [-0.15, -0.1) is 0 Å². The van der Waals surface area contributed by atoms with Crippen LogP contribution in [-0.2, 0) is 13.2 Å². The summed E-state index contributed by atoms with van der Waals surface area (Å²) in [4.78, 5) is 0. The number of hydrogen-bond donors (Lipinski definition) is 1. The molecule has 2 nitrogen and oxygen atoms in total. The largest absolute Gasteiger partial charge is 0.489 e. The summed E-state index contributed by atoms with van der Waals surface area (Å²) in [5.41, 5.74) is 4.65. The van der Waals surface area contributed by atoms with E-state index in [0.29, 0.717) is 6.61 Å². The van der Waals surface area contributed by atoms with Gasteiger partial charge in [0.25, 0.3) is 0 Å². The number of ether oxygens (including phenoxy) is 1. The van der Waals surface area contributed by atoms with Gasteiger partial charge in [-0.25, -0.2) is 0 Å². The second kappa shape index (κ2) is 7.89. The predicted octanol–water partition coefficient (Wildman–Crippen LogP) is 5.84. The van der Waals surface area contributed by atoms with Crippen LogP contribution < -0.4 is 10.1 Å². The van der Waals surface area contributed by atoms with E-state index in [1.807, 2.05) is 36.4 Å². The van der Waals surface area contributed by atoms with Crippen molar-refractivity contribution in [2.75, 3.05) is 5.32 Å². The van der Waals surface area contributed by atoms with E-state index in [1.54, 1.807) is 0 Å². The zero-order valence-corrected chi connectivity index (χ0v) is 14.4. The fraction of sp³-hybridized carbons (Fsp3) is 0.143. The molecule has 3 heteroatoms. The maximum Gasteiger partial charge on any atom is 0.120 e. The number of anilines is 1. The standard InChI is InChI=1S/C21H20ClNO/c1-16-4-2-6-18(12-16)15-24-21-7-3-5-17(13-21)14-23-20-10-8-19(22)9-11-20/h2-13,23H,14-15H2,1H3. The highest BCUT2D eigenvalue weighted by Gasteiger charge is 2.00. The van der Waals surface area contributed by atoms with Crippen LogP contribution in [0.5, 0.6) is 5.75 Å². The van der Waals surface area contributed by atoms with Crippen LogP contribution in [0.25, 0.3) is 0 Å². The van der Waals surface area contributed by atoms with Gasteiger partial charge in [-0.1, -0.05) is 53.6 Å². The van der Waals surface area contributed by atoms with Gasteiger partial charge in [0.1, 0.15) is 12.4 Å². The molecule has 0 fully saturated rings. The number of rotatable bonds is 6. The van der Waals surface area contributed by atoms with E-state index >= 15 is 0 Å². The highest BCUT2D eigenvalue weighted by atomic mass is 35.5. The molecule has 3 rings (SSSR count).